The highest BCUT2D eigenvalue weighted by Gasteiger charge is 2.19. The van der Waals surface area contributed by atoms with Gasteiger partial charge in [-0.3, -0.25) is 9.78 Å². The molecule has 1 aliphatic rings. The molecular formula is C17H17FN4O2. The number of halogens is 1. The SMILES string of the molecule is CC(NC(=O)Nc1cc2c(cc1F)NC(=O)CC2)c1ccccn1. The Hall–Kier alpha value is -2.96. The van der Waals surface area contributed by atoms with Crippen molar-refractivity contribution in [3.05, 3.63) is 53.6 Å². The quantitative estimate of drug-likeness (QED) is 0.810. The van der Waals surface area contributed by atoms with Crippen LogP contribution in [0, 0.1) is 5.82 Å². The molecule has 7 heteroatoms. The van der Waals surface area contributed by atoms with Gasteiger partial charge in [-0.25, -0.2) is 9.18 Å². The molecule has 0 saturated carbocycles. The van der Waals surface area contributed by atoms with E-state index in [1.54, 1.807) is 31.3 Å². The number of aryl methyl sites for hydroxylation is 1. The lowest BCUT2D eigenvalue weighted by molar-refractivity contribution is -0.116. The number of hydrogen-bond donors (Lipinski definition) is 3. The number of benzene rings is 1. The van der Waals surface area contributed by atoms with Gasteiger partial charge < -0.3 is 16.0 Å². The molecule has 2 aromatic rings. The van der Waals surface area contributed by atoms with Gasteiger partial charge in [-0.15, -0.1) is 0 Å². The van der Waals surface area contributed by atoms with Crippen molar-refractivity contribution in [2.24, 2.45) is 0 Å². The number of aromatic nitrogens is 1. The summed E-state index contributed by atoms with van der Waals surface area (Å²) in [5.74, 6) is -0.735. The zero-order valence-electron chi connectivity index (χ0n) is 13.1. The zero-order valence-corrected chi connectivity index (χ0v) is 13.1. The van der Waals surface area contributed by atoms with Crippen LogP contribution in [0.1, 0.15) is 30.6 Å². The van der Waals surface area contributed by atoms with Gasteiger partial charge in [0, 0.05) is 18.3 Å². The van der Waals surface area contributed by atoms with E-state index in [0.29, 0.717) is 24.2 Å². The van der Waals surface area contributed by atoms with Crippen molar-refractivity contribution in [2.45, 2.75) is 25.8 Å². The number of amides is 3. The highest BCUT2D eigenvalue weighted by molar-refractivity contribution is 5.95. The lowest BCUT2D eigenvalue weighted by atomic mass is 10.0. The number of urea groups is 1. The molecule has 0 fully saturated rings. The molecule has 3 amide bonds. The number of nitrogens with zero attached hydrogens (tertiary/aromatic N) is 1. The molecule has 1 aromatic carbocycles. The Balaban J connectivity index is 1.69. The van der Waals surface area contributed by atoms with E-state index in [-0.39, 0.29) is 17.6 Å². The maximum absolute atomic E-state index is 14.1. The molecule has 1 atom stereocenters. The van der Waals surface area contributed by atoms with Crippen molar-refractivity contribution >= 4 is 23.3 Å². The van der Waals surface area contributed by atoms with Gasteiger partial charge in [-0.1, -0.05) is 6.07 Å². The number of rotatable bonds is 3. The maximum atomic E-state index is 14.1. The van der Waals surface area contributed by atoms with Gasteiger partial charge in [0.25, 0.3) is 0 Å². The van der Waals surface area contributed by atoms with E-state index in [1.165, 1.54) is 6.07 Å². The van der Waals surface area contributed by atoms with Crippen LogP contribution in [-0.2, 0) is 11.2 Å². The summed E-state index contributed by atoms with van der Waals surface area (Å²) in [6.07, 6.45) is 2.51. The Labute approximate surface area is 138 Å². The number of fused-ring (bicyclic) bond motifs is 1. The fraction of sp³-hybridized carbons (Fsp3) is 0.235. The van der Waals surface area contributed by atoms with Crippen molar-refractivity contribution in [1.29, 1.82) is 0 Å². The topological polar surface area (TPSA) is 83.1 Å². The van der Waals surface area contributed by atoms with Gasteiger partial charge in [-0.05, 0) is 43.2 Å². The molecule has 0 radical (unpaired) electrons. The molecule has 1 aliphatic heterocycles. The van der Waals surface area contributed by atoms with Crippen molar-refractivity contribution in [3.8, 4) is 0 Å². The van der Waals surface area contributed by atoms with Crippen LogP contribution >= 0.6 is 0 Å². The first-order chi connectivity index (χ1) is 11.5. The summed E-state index contributed by atoms with van der Waals surface area (Å²) in [4.78, 5) is 27.6. The molecule has 2 heterocycles. The van der Waals surface area contributed by atoms with Crippen LogP contribution in [0.25, 0.3) is 0 Å². The number of hydrogen-bond acceptors (Lipinski definition) is 3. The first-order valence-electron chi connectivity index (χ1n) is 7.63. The Kier molecular flexibility index (Phi) is 4.41. The molecule has 3 N–H and O–H groups in total. The molecule has 0 bridgehead atoms. The second kappa shape index (κ2) is 6.66. The van der Waals surface area contributed by atoms with Gasteiger partial charge >= 0.3 is 6.03 Å². The van der Waals surface area contributed by atoms with Gasteiger partial charge in [0.05, 0.1) is 17.4 Å². The Morgan fingerprint density at radius 2 is 2.17 bits per heavy atom. The number of carbonyl (C=O) groups excluding carboxylic acids is 2. The minimum atomic E-state index is -0.600. The second-order valence-corrected chi connectivity index (χ2v) is 5.61. The molecule has 3 rings (SSSR count). The molecule has 0 spiro atoms. The molecule has 0 aliphatic carbocycles. The van der Waals surface area contributed by atoms with Crippen molar-refractivity contribution in [1.82, 2.24) is 10.3 Å². The average molecular weight is 328 g/mol. The van der Waals surface area contributed by atoms with Crippen molar-refractivity contribution in [2.75, 3.05) is 10.6 Å². The molecule has 24 heavy (non-hydrogen) atoms. The highest BCUT2D eigenvalue weighted by atomic mass is 19.1. The van der Waals surface area contributed by atoms with Crippen LogP contribution in [0.3, 0.4) is 0 Å². The lowest BCUT2D eigenvalue weighted by Gasteiger charge is -2.19. The summed E-state index contributed by atoms with van der Waals surface area (Å²) < 4.78 is 14.1. The van der Waals surface area contributed by atoms with Crippen LogP contribution in [0.15, 0.2) is 36.5 Å². The summed E-state index contributed by atoms with van der Waals surface area (Å²) in [5, 5.41) is 7.84. The van der Waals surface area contributed by atoms with Gasteiger partial charge in [0.15, 0.2) is 0 Å². The van der Waals surface area contributed by atoms with E-state index >= 15 is 0 Å². The summed E-state index contributed by atoms with van der Waals surface area (Å²) in [6, 6.07) is 7.36. The maximum Gasteiger partial charge on any atom is 0.319 e. The van der Waals surface area contributed by atoms with E-state index < -0.39 is 11.8 Å². The molecule has 124 valence electrons. The van der Waals surface area contributed by atoms with Crippen molar-refractivity contribution in [3.63, 3.8) is 0 Å². The number of anilines is 2. The molecule has 1 aromatic heterocycles. The van der Waals surface area contributed by atoms with Gasteiger partial charge in [0.1, 0.15) is 5.82 Å². The van der Waals surface area contributed by atoms with E-state index in [4.69, 9.17) is 0 Å². The standard InChI is InChI=1S/C17H17FN4O2/c1-10(13-4-2-3-7-19-13)20-17(24)22-15-8-11-5-6-16(23)21-14(11)9-12(15)18/h2-4,7-10H,5-6H2,1H3,(H,21,23)(H2,20,22,24). The molecule has 6 nitrogen and oxygen atoms in total. The molecule has 0 saturated heterocycles. The average Bonchev–Trinajstić information content (AvgIpc) is 2.56. The fourth-order valence-electron chi connectivity index (χ4n) is 2.56. The monoisotopic (exact) mass is 328 g/mol. The minimum absolute atomic E-state index is 0.0793. The summed E-state index contributed by atoms with van der Waals surface area (Å²) in [5.41, 5.74) is 2.04. The Morgan fingerprint density at radius 3 is 2.92 bits per heavy atom. The summed E-state index contributed by atoms with van der Waals surface area (Å²) in [7, 11) is 0. The lowest BCUT2D eigenvalue weighted by Crippen LogP contribution is -2.32. The smallest absolute Gasteiger partial charge is 0.319 e. The van der Waals surface area contributed by atoms with Crippen LogP contribution in [-0.4, -0.2) is 16.9 Å². The van der Waals surface area contributed by atoms with Crippen LogP contribution in [0.5, 0.6) is 0 Å². The Morgan fingerprint density at radius 1 is 1.33 bits per heavy atom. The largest absolute Gasteiger partial charge is 0.330 e. The van der Waals surface area contributed by atoms with Crippen LogP contribution < -0.4 is 16.0 Å². The van der Waals surface area contributed by atoms with E-state index in [0.717, 1.165) is 5.56 Å². The molecular weight excluding hydrogens is 311 g/mol. The van der Waals surface area contributed by atoms with E-state index in [9.17, 15) is 14.0 Å². The highest BCUT2D eigenvalue weighted by Crippen LogP contribution is 2.28. The Bertz CT molecular complexity index is 780. The first kappa shape index (κ1) is 15.9. The van der Waals surface area contributed by atoms with Crippen LogP contribution in [0.2, 0.25) is 0 Å². The van der Waals surface area contributed by atoms with E-state index in [2.05, 4.69) is 20.9 Å². The first-order valence-corrected chi connectivity index (χ1v) is 7.63. The third kappa shape index (κ3) is 3.51. The number of carbonyl (C=O) groups is 2. The minimum Gasteiger partial charge on any atom is -0.330 e. The van der Waals surface area contributed by atoms with Gasteiger partial charge in [0.2, 0.25) is 5.91 Å². The second-order valence-electron chi connectivity index (χ2n) is 5.61. The fourth-order valence-corrected chi connectivity index (χ4v) is 2.56. The predicted octanol–water partition coefficient (Wildman–Crippen LogP) is 2.99. The third-order valence-corrected chi connectivity index (χ3v) is 3.82. The van der Waals surface area contributed by atoms with Crippen LogP contribution in [0.4, 0.5) is 20.6 Å². The summed E-state index contributed by atoms with van der Waals surface area (Å²) in [6.45, 7) is 1.79. The van der Waals surface area contributed by atoms with Crippen molar-refractivity contribution < 1.29 is 14.0 Å². The molecule has 1 unspecified atom stereocenters. The zero-order chi connectivity index (χ0) is 17.1. The normalized spacial score (nSPS) is 14.3. The summed E-state index contributed by atoms with van der Waals surface area (Å²) >= 11 is 0. The predicted molar refractivity (Wildman–Crippen MR) is 88.2 cm³/mol. The number of nitrogens with one attached hydrogen (secondary N) is 3. The number of pyridine rings is 1. The van der Waals surface area contributed by atoms with Gasteiger partial charge in [-0.2, -0.15) is 0 Å². The third-order valence-electron chi connectivity index (χ3n) is 3.82. The van der Waals surface area contributed by atoms with E-state index in [1.807, 2.05) is 6.07 Å².